The summed E-state index contributed by atoms with van der Waals surface area (Å²) < 4.78 is 12.6. The van der Waals surface area contributed by atoms with Crippen molar-refractivity contribution in [2.75, 3.05) is 11.5 Å². The molecule has 1 N–H and O–H groups in total. The lowest BCUT2D eigenvalue weighted by Crippen LogP contribution is -2.37. The minimum Gasteiger partial charge on any atom is -0.307 e. The van der Waals surface area contributed by atoms with E-state index in [0.717, 1.165) is 24.3 Å². The maximum atomic E-state index is 11.3. The van der Waals surface area contributed by atoms with Gasteiger partial charge in [-0.1, -0.05) is 12.1 Å². The summed E-state index contributed by atoms with van der Waals surface area (Å²) in [5.41, 5.74) is 1.33. The van der Waals surface area contributed by atoms with Crippen LogP contribution in [0.5, 0.6) is 0 Å². The van der Waals surface area contributed by atoms with Crippen LogP contribution in [-0.2, 0) is 10.8 Å². The average molecular weight is 363 g/mol. The van der Waals surface area contributed by atoms with Gasteiger partial charge in [0.2, 0.25) is 0 Å². The fraction of sp³-hybridized carbons (Fsp3) is 0.538. The molecule has 0 aliphatic carbocycles. The van der Waals surface area contributed by atoms with Crippen molar-refractivity contribution >= 4 is 33.4 Å². The Morgan fingerprint density at radius 1 is 1.29 bits per heavy atom. The van der Waals surface area contributed by atoms with Crippen molar-refractivity contribution in [2.45, 2.75) is 31.8 Å². The van der Waals surface area contributed by atoms with Gasteiger partial charge in [-0.2, -0.15) is 0 Å². The standard InChI is InChI=1S/C13H18INOS/c1-10(11-2-4-12(14)5-3-11)15-13-6-8-17(16)9-7-13/h2-5,10,13,15H,6-9H2,1H3. The van der Waals surface area contributed by atoms with Crippen LogP contribution in [0.3, 0.4) is 0 Å². The van der Waals surface area contributed by atoms with Gasteiger partial charge in [0.25, 0.3) is 0 Å². The molecule has 1 aliphatic heterocycles. The highest BCUT2D eigenvalue weighted by atomic mass is 127. The summed E-state index contributed by atoms with van der Waals surface area (Å²) >= 11 is 2.32. The molecule has 2 nitrogen and oxygen atoms in total. The van der Waals surface area contributed by atoms with E-state index in [1.807, 2.05) is 0 Å². The average Bonchev–Trinajstić information content (AvgIpc) is 2.33. The number of hydrogen-bond donors (Lipinski definition) is 1. The van der Waals surface area contributed by atoms with Crippen molar-refractivity contribution < 1.29 is 4.21 Å². The largest absolute Gasteiger partial charge is 0.307 e. The Morgan fingerprint density at radius 2 is 1.88 bits per heavy atom. The SMILES string of the molecule is CC(NC1CCS(=O)CC1)c1ccc(I)cc1. The zero-order valence-electron chi connectivity index (χ0n) is 9.99. The minimum absolute atomic E-state index is 0.378. The molecule has 1 aliphatic rings. The van der Waals surface area contributed by atoms with Gasteiger partial charge in [0.05, 0.1) is 0 Å². The molecule has 1 unspecified atom stereocenters. The topological polar surface area (TPSA) is 29.1 Å². The second-order valence-electron chi connectivity index (χ2n) is 4.56. The van der Waals surface area contributed by atoms with Gasteiger partial charge in [0.1, 0.15) is 0 Å². The molecule has 94 valence electrons. The summed E-state index contributed by atoms with van der Waals surface area (Å²) in [5, 5.41) is 3.64. The van der Waals surface area contributed by atoms with E-state index in [4.69, 9.17) is 0 Å². The van der Waals surface area contributed by atoms with E-state index in [1.54, 1.807) is 0 Å². The van der Waals surface area contributed by atoms with Gasteiger partial charge < -0.3 is 5.32 Å². The molecule has 17 heavy (non-hydrogen) atoms. The van der Waals surface area contributed by atoms with Crippen LogP contribution >= 0.6 is 22.6 Å². The number of benzene rings is 1. The predicted molar refractivity (Wildman–Crippen MR) is 81.6 cm³/mol. The van der Waals surface area contributed by atoms with E-state index in [0.29, 0.717) is 12.1 Å². The van der Waals surface area contributed by atoms with Crippen LogP contribution in [0.25, 0.3) is 0 Å². The van der Waals surface area contributed by atoms with E-state index >= 15 is 0 Å². The molecule has 4 heteroatoms. The molecular formula is C13H18INOS. The third kappa shape index (κ3) is 4.03. The molecule has 1 saturated heterocycles. The summed E-state index contributed by atoms with van der Waals surface area (Å²) in [6.07, 6.45) is 2.09. The number of halogens is 1. The first-order valence-corrected chi connectivity index (χ1v) is 8.58. The molecule has 0 radical (unpaired) electrons. The van der Waals surface area contributed by atoms with E-state index in [1.165, 1.54) is 9.13 Å². The number of nitrogens with one attached hydrogen (secondary N) is 1. The molecule has 0 spiro atoms. The highest BCUT2D eigenvalue weighted by molar-refractivity contribution is 14.1. The van der Waals surface area contributed by atoms with Crippen LogP contribution in [0, 0.1) is 3.57 Å². The third-order valence-corrected chi connectivity index (χ3v) is 5.34. The Bertz CT molecular complexity index is 383. The predicted octanol–water partition coefficient (Wildman–Crippen LogP) is 2.85. The molecular weight excluding hydrogens is 345 g/mol. The summed E-state index contributed by atoms with van der Waals surface area (Å²) in [5.74, 6) is 1.72. The van der Waals surface area contributed by atoms with E-state index in [-0.39, 0.29) is 0 Å². The van der Waals surface area contributed by atoms with Crippen LogP contribution in [0.4, 0.5) is 0 Å². The first-order chi connectivity index (χ1) is 8.15. The van der Waals surface area contributed by atoms with Crippen molar-refractivity contribution in [1.29, 1.82) is 0 Å². The van der Waals surface area contributed by atoms with Gasteiger partial charge >= 0.3 is 0 Å². The lowest BCUT2D eigenvalue weighted by atomic mass is 10.1. The second kappa shape index (κ2) is 6.29. The van der Waals surface area contributed by atoms with Crippen molar-refractivity contribution in [1.82, 2.24) is 5.32 Å². The van der Waals surface area contributed by atoms with E-state index in [9.17, 15) is 4.21 Å². The van der Waals surface area contributed by atoms with Crippen LogP contribution in [0.15, 0.2) is 24.3 Å². The molecule has 0 saturated carbocycles. The zero-order chi connectivity index (χ0) is 12.3. The zero-order valence-corrected chi connectivity index (χ0v) is 13.0. The lowest BCUT2D eigenvalue weighted by Gasteiger charge is -2.26. The minimum atomic E-state index is -0.564. The van der Waals surface area contributed by atoms with Crippen molar-refractivity contribution in [3.63, 3.8) is 0 Å². The Balaban J connectivity index is 1.90. The number of hydrogen-bond acceptors (Lipinski definition) is 2. The maximum absolute atomic E-state index is 11.3. The normalized spacial score (nSPS) is 26.7. The van der Waals surface area contributed by atoms with E-state index < -0.39 is 10.8 Å². The molecule has 2 rings (SSSR count). The van der Waals surface area contributed by atoms with Crippen LogP contribution in [-0.4, -0.2) is 21.8 Å². The van der Waals surface area contributed by atoms with Crippen molar-refractivity contribution in [3.05, 3.63) is 33.4 Å². The van der Waals surface area contributed by atoms with Gasteiger partial charge in [-0.15, -0.1) is 0 Å². The smallest absolute Gasteiger partial charge is 0.0294 e. The molecule has 0 bridgehead atoms. The molecule has 0 amide bonds. The molecule has 1 atom stereocenters. The Labute approximate surface area is 119 Å². The third-order valence-electron chi connectivity index (χ3n) is 3.24. The summed E-state index contributed by atoms with van der Waals surface area (Å²) in [6.45, 7) is 2.20. The van der Waals surface area contributed by atoms with Gasteiger partial charge in [-0.3, -0.25) is 4.21 Å². The Kier molecular flexibility index (Phi) is 4.99. The highest BCUT2D eigenvalue weighted by Crippen LogP contribution is 2.18. The highest BCUT2D eigenvalue weighted by Gasteiger charge is 2.19. The monoisotopic (exact) mass is 363 g/mol. The van der Waals surface area contributed by atoms with Gasteiger partial charge in [0, 0.05) is 38.0 Å². The number of rotatable bonds is 3. The Hall–Kier alpha value is 0.0600. The first-order valence-electron chi connectivity index (χ1n) is 6.01. The molecule has 1 heterocycles. The molecule has 1 aromatic carbocycles. The molecule has 1 aromatic rings. The fourth-order valence-electron chi connectivity index (χ4n) is 2.16. The second-order valence-corrected chi connectivity index (χ2v) is 7.50. The molecule has 1 fully saturated rings. The quantitative estimate of drug-likeness (QED) is 0.837. The van der Waals surface area contributed by atoms with E-state index in [2.05, 4.69) is 59.1 Å². The summed E-state index contributed by atoms with van der Waals surface area (Å²) in [4.78, 5) is 0. The summed E-state index contributed by atoms with van der Waals surface area (Å²) in [6, 6.07) is 9.56. The van der Waals surface area contributed by atoms with Crippen molar-refractivity contribution in [3.8, 4) is 0 Å². The maximum Gasteiger partial charge on any atom is 0.0294 e. The first kappa shape index (κ1) is 13.5. The van der Waals surface area contributed by atoms with Crippen LogP contribution < -0.4 is 5.32 Å². The molecule has 0 aromatic heterocycles. The van der Waals surface area contributed by atoms with Gasteiger partial charge in [-0.05, 0) is 60.1 Å². The van der Waals surface area contributed by atoms with Crippen LogP contribution in [0.2, 0.25) is 0 Å². The summed E-state index contributed by atoms with van der Waals surface area (Å²) in [7, 11) is -0.564. The van der Waals surface area contributed by atoms with Crippen LogP contribution in [0.1, 0.15) is 31.4 Å². The van der Waals surface area contributed by atoms with Crippen molar-refractivity contribution in [2.24, 2.45) is 0 Å². The Morgan fingerprint density at radius 3 is 2.47 bits per heavy atom. The van der Waals surface area contributed by atoms with Gasteiger partial charge in [-0.25, -0.2) is 0 Å². The lowest BCUT2D eigenvalue weighted by molar-refractivity contribution is 0.427. The fourth-order valence-corrected chi connectivity index (χ4v) is 3.82. The van der Waals surface area contributed by atoms with Gasteiger partial charge in [0.15, 0.2) is 0 Å².